The van der Waals surface area contributed by atoms with E-state index in [4.69, 9.17) is 11.6 Å². The molecule has 0 saturated carbocycles. The minimum Gasteiger partial charge on any atom is -0.240 e. The van der Waals surface area contributed by atoms with Crippen molar-refractivity contribution in [2.24, 2.45) is 0 Å². The van der Waals surface area contributed by atoms with Crippen LogP contribution in [0.1, 0.15) is 11.1 Å². The van der Waals surface area contributed by atoms with Crippen molar-refractivity contribution >= 4 is 38.4 Å². The van der Waals surface area contributed by atoms with Gasteiger partial charge in [-0.1, -0.05) is 17.7 Å². The van der Waals surface area contributed by atoms with Crippen LogP contribution in [0.5, 0.6) is 0 Å². The second-order valence-electron chi connectivity index (χ2n) is 3.34. The number of aromatic nitrogens is 1. The Morgan fingerprint density at radius 2 is 2.00 bits per heavy atom. The van der Waals surface area contributed by atoms with Crippen LogP contribution in [0.25, 0.3) is 10.9 Å². The van der Waals surface area contributed by atoms with E-state index in [2.05, 4.69) is 27.0 Å². The van der Waals surface area contributed by atoms with Gasteiger partial charge in [0.05, 0.1) is 5.52 Å². The minimum atomic E-state index is 0.765. The fourth-order valence-corrected chi connectivity index (χ4v) is 1.88. The Kier molecular flexibility index (Phi) is 2.50. The van der Waals surface area contributed by atoms with E-state index in [0.717, 1.165) is 31.7 Å². The Balaban J connectivity index is 2.89. The molecule has 0 atom stereocenters. The van der Waals surface area contributed by atoms with Crippen LogP contribution in [0.2, 0.25) is 5.02 Å². The Hall–Kier alpha value is -0.600. The molecular formula is C11H9BrClN. The minimum absolute atomic E-state index is 0.765. The number of hydrogen-bond donors (Lipinski definition) is 0. The van der Waals surface area contributed by atoms with Crippen molar-refractivity contribution < 1.29 is 0 Å². The van der Waals surface area contributed by atoms with Gasteiger partial charge in [0, 0.05) is 10.4 Å². The topological polar surface area (TPSA) is 12.9 Å². The monoisotopic (exact) mass is 269 g/mol. The molecule has 14 heavy (non-hydrogen) atoms. The van der Waals surface area contributed by atoms with Gasteiger partial charge in [0.2, 0.25) is 0 Å². The van der Waals surface area contributed by atoms with Crippen LogP contribution in [0, 0.1) is 13.8 Å². The average molecular weight is 271 g/mol. The van der Waals surface area contributed by atoms with Crippen molar-refractivity contribution in [3.8, 4) is 0 Å². The number of hydrogen-bond acceptors (Lipinski definition) is 1. The molecule has 2 aromatic rings. The highest BCUT2D eigenvalue weighted by atomic mass is 79.9. The number of pyridine rings is 1. The lowest BCUT2D eigenvalue weighted by molar-refractivity contribution is 1.26. The van der Waals surface area contributed by atoms with Gasteiger partial charge >= 0.3 is 0 Å². The van der Waals surface area contributed by atoms with Crippen LogP contribution < -0.4 is 0 Å². The van der Waals surface area contributed by atoms with E-state index in [0.29, 0.717) is 0 Å². The molecule has 1 heterocycles. The van der Waals surface area contributed by atoms with Gasteiger partial charge in [-0.25, -0.2) is 4.98 Å². The second kappa shape index (κ2) is 3.52. The Morgan fingerprint density at radius 3 is 2.71 bits per heavy atom. The first-order valence-electron chi connectivity index (χ1n) is 4.31. The molecule has 0 radical (unpaired) electrons. The number of benzene rings is 1. The van der Waals surface area contributed by atoms with Gasteiger partial charge in [-0.2, -0.15) is 0 Å². The molecule has 0 unspecified atom stereocenters. The third-order valence-electron chi connectivity index (χ3n) is 2.30. The zero-order chi connectivity index (χ0) is 10.3. The molecule has 1 nitrogen and oxygen atoms in total. The zero-order valence-electron chi connectivity index (χ0n) is 7.94. The van der Waals surface area contributed by atoms with Gasteiger partial charge in [0.15, 0.2) is 0 Å². The van der Waals surface area contributed by atoms with Crippen LogP contribution in [0.15, 0.2) is 22.8 Å². The lowest BCUT2D eigenvalue weighted by Crippen LogP contribution is -1.88. The van der Waals surface area contributed by atoms with Crippen molar-refractivity contribution in [3.05, 3.63) is 39.0 Å². The molecule has 1 aromatic carbocycles. The van der Waals surface area contributed by atoms with Crippen molar-refractivity contribution in [2.45, 2.75) is 13.8 Å². The van der Waals surface area contributed by atoms with E-state index in [1.165, 1.54) is 0 Å². The third kappa shape index (κ3) is 1.53. The fourth-order valence-electron chi connectivity index (χ4n) is 1.44. The molecule has 2 rings (SSSR count). The van der Waals surface area contributed by atoms with E-state index in [9.17, 15) is 0 Å². The summed E-state index contributed by atoms with van der Waals surface area (Å²) in [6.07, 6.45) is 0. The number of halogens is 2. The first kappa shape index (κ1) is 9.94. The predicted octanol–water partition coefficient (Wildman–Crippen LogP) is 4.27. The molecule has 0 saturated heterocycles. The summed E-state index contributed by atoms with van der Waals surface area (Å²) in [4.78, 5) is 4.47. The van der Waals surface area contributed by atoms with Crippen LogP contribution in [-0.2, 0) is 0 Å². The van der Waals surface area contributed by atoms with Gasteiger partial charge in [0.25, 0.3) is 0 Å². The first-order valence-corrected chi connectivity index (χ1v) is 5.48. The van der Waals surface area contributed by atoms with Crippen LogP contribution >= 0.6 is 27.5 Å². The smallest absolute Gasteiger partial charge is 0.109 e. The van der Waals surface area contributed by atoms with Crippen LogP contribution in [-0.4, -0.2) is 4.98 Å². The molecule has 0 bridgehead atoms. The molecule has 0 N–H and O–H groups in total. The quantitative estimate of drug-likeness (QED) is 0.652. The molecule has 1 aromatic heterocycles. The summed E-state index contributed by atoms with van der Waals surface area (Å²) in [5.41, 5.74) is 3.14. The van der Waals surface area contributed by atoms with Crippen molar-refractivity contribution in [1.82, 2.24) is 4.98 Å². The maximum Gasteiger partial charge on any atom is 0.109 e. The largest absolute Gasteiger partial charge is 0.240 e. The normalized spacial score (nSPS) is 10.9. The summed E-state index contributed by atoms with van der Waals surface area (Å²) in [5, 5.41) is 1.90. The molecular weight excluding hydrogens is 261 g/mol. The number of rotatable bonds is 0. The van der Waals surface area contributed by atoms with Gasteiger partial charge in [-0.15, -0.1) is 0 Å². The van der Waals surface area contributed by atoms with Gasteiger partial charge in [-0.3, -0.25) is 0 Å². The highest BCUT2D eigenvalue weighted by molar-refractivity contribution is 9.10. The van der Waals surface area contributed by atoms with Gasteiger partial charge < -0.3 is 0 Å². The Bertz CT molecular complexity index is 508. The lowest BCUT2D eigenvalue weighted by Gasteiger charge is -2.05. The average Bonchev–Trinajstić information content (AvgIpc) is 2.15. The Labute approximate surface area is 96.2 Å². The predicted molar refractivity (Wildman–Crippen MR) is 63.9 cm³/mol. The Morgan fingerprint density at radius 1 is 1.29 bits per heavy atom. The summed E-state index contributed by atoms with van der Waals surface area (Å²) in [5.74, 6) is 0. The second-order valence-corrected chi connectivity index (χ2v) is 4.50. The highest BCUT2D eigenvalue weighted by Crippen LogP contribution is 2.26. The molecule has 0 aliphatic heterocycles. The van der Waals surface area contributed by atoms with Crippen molar-refractivity contribution in [3.63, 3.8) is 0 Å². The zero-order valence-corrected chi connectivity index (χ0v) is 10.3. The van der Waals surface area contributed by atoms with E-state index in [-0.39, 0.29) is 0 Å². The summed E-state index contributed by atoms with van der Waals surface area (Å²) in [7, 11) is 0. The number of aryl methyl sites for hydroxylation is 2. The lowest BCUT2D eigenvalue weighted by atomic mass is 10.1. The first-order chi connectivity index (χ1) is 6.59. The van der Waals surface area contributed by atoms with Gasteiger partial charge in [-0.05, 0) is 53.0 Å². The van der Waals surface area contributed by atoms with Crippen molar-refractivity contribution in [2.75, 3.05) is 0 Å². The molecule has 0 amide bonds. The van der Waals surface area contributed by atoms with Crippen molar-refractivity contribution in [1.29, 1.82) is 0 Å². The standard InChI is InChI=1S/C11H9BrClN/c1-6-5-8-3-4-9(13)7(2)10(8)14-11(6)12/h3-5H,1-2H3. The van der Waals surface area contributed by atoms with E-state index in [1.807, 2.05) is 26.0 Å². The van der Waals surface area contributed by atoms with E-state index < -0.39 is 0 Å². The van der Waals surface area contributed by atoms with Gasteiger partial charge in [0.1, 0.15) is 4.60 Å². The maximum absolute atomic E-state index is 6.02. The van der Waals surface area contributed by atoms with Crippen LogP contribution in [0.3, 0.4) is 0 Å². The SMILES string of the molecule is Cc1cc2ccc(Cl)c(C)c2nc1Br. The molecule has 72 valence electrons. The van der Waals surface area contributed by atoms with E-state index >= 15 is 0 Å². The molecule has 3 heteroatoms. The van der Waals surface area contributed by atoms with Crippen LogP contribution in [0.4, 0.5) is 0 Å². The molecule has 0 aliphatic carbocycles. The molecule has 0 spiro atoms. The number of fused-ring (bicyclic) bond motifs is 1. The third-order valence-corrected chi connectivity index (χ3v) is 3.52. The molecule has 0 fully saturated rings. The fraction of sp³-hybridized carbons (Fsp3) is 0.182. The summed E-state index contributed by atoms with van der Waals surface area (Å²) in [6, 6.07) is 6.01. The maximum atomic E-state index is 6.02. The summed E-state index contributed by atoms with van der Waals surface area (Å²) < 4.78 is 0.885. The summed E-state index contributed by atoms with van der Waals surface area (Å²) >= 11 is 9.45. The highest BCUT2D eigenvalue weighted by Gasteiger charge is 2.05. The number of nitrogens with zero attached hydrogens (tertiary/aromatic N) is 1. The van der Waals surface area contributed by atoms with E-state index in [1.54, 1.807) is 0 Å². The summed E-state index contributed by atoms with van der Waals surface area (Å²) in [6.45, 7) is 4.01. The molecule has 0 aliphatic rings.